The van der Waals surface area contributed by atoms with Gasteiger partial charge >= 0.3 is 0 Å². The van der Waals surface area contributed by atoms with Gasteiger partial charge in [0.25, 0.3) is 0 Å². The van der Waals surface area contributed by atoms with E-state index in [4.69, 9.17) is 0 Å². The molecule has 4 nitrogen and oxygen atoms in total. The Morgan fingerprint density at radius 2 is 1.64 bits per heavy atom. The molecule has 2 aliphatic heterocycles. The first-order chi connectivity index (χ1) is 10.6. The zero-order chi connectivity index (χ0) is 15.6. The van der Waals surface area contributed by atoms with Crippen LogP contribution in [0.3, 0.4) is 0 Å². The van der Waals surface area contributed by atoms with Gasteiger partial charge in [0.05, 0.1) is 5.60 Å². The maximum absolute atomic E-state index is 12.5. The van der Waals surface area contributed by atoms with E-state index in [2.05, 4.69) is 16.7 Å². The van der Waals surface area contributed by atoms with Crippen LogP contribution in [-0.2, 0) is 4.79 Å². The number of carbonyl (C=O) groups excluding carboxylic acids is 1. The van der Waals surface area contributed by atoms with E-state index < -0.39 is 5.60 Å². The Morgan fingerprint density at radius 3 is 2.23 bits per heavy atom. The Hall–Kier alpha value is -0.610. The van der Waals surface area contributed by atoms with E-state index in [1.165, 1.54) is 12.8 Å². The lowest BCUT2D eigenvalue weighted by Crippen LogP contribution is -2.49. The number of carbonyl (C=O) groups is 1. The first-order valence-electron chi connectivity index (χ1n) is 9.29. The highest BCUT2D eigenvalue weighted by atomic mass is 16.3. The van der Waals surface area contributed by atoms with E-state index in [1.54, 1.807) is 0 Å². The summed E-state index contributed by atoms with van der Waals surface area (Å²) in [7, 11) is 0. The molecule has 2 heterocycles. The second kappa shape index (κ2) is 6.88. The van der Waals surface area contributed by atoms with Crippen LogP contribution in [0.5, 0.6) is 0 Å². The molecule has 0 aromatic rings. The normalized spacial score (nSPS) is 35.0. The van der Waals surface area contributed by atoms with Gasteiger partial charge in [-0.3, -0.25) is 4.79 Å². The van der Waals surface area contributed by atoms with Crippen molar-refractivity contribution in [2.24, 2.45) is 11.8 Å². The highest BCUT2D eigenvalue weighted by molar-refractivity contribution is 5.79. The molecule has 3 aliphatic rings. The average molecular weight is 308 g/mol. The molecular formula is C18H32N2O2. The van der Waals surface area contributed by atoms with Gasteiger partial charge in [0, 0.05) is 25.6 Å². The zero-order valence-electron chi connectivity index (χ0n) is 14.1. The van der Waals surface area contributed by atoms with E-state index in [0.29, 0.717) is 5.91 Å². The number of hydrogen-bond donors (Lipinski definition) is 1. The molecule has 1 amide bonds. The van der Waals surface area contributed by atoms with Crippen LogP contribution in [0.15, 0.2) is 0 Å². The molecule has 0 unspecified atom stereocenters. The van der Waals surface area contributed by atoms with Crippen molar-refractivity contribution in [2.75, 3.05) is 32.7 Å². The van der Waals surface area contributed by atoms with Gasteiger partial charge in [-0.25, -0.2) is 0 Å². The van der Waals surface area contributed by atoms with Gasteiger partial charge in [0.1, 0.15) is 0 Å². The smallest absolute Gasteiger partial charge is 0.225 e. The third-order valence-electron chi connectivity index (χ3n) is 6.08. The first-order valence-corrected chi connectivity index (χ1v) is 9.29. The van der Waals surface area contributed by atoms with Gasteiger partial charge in [-0.05, 0) is 70.4 Å². The van der Waals surface area contributed by atoms with Crippen molar-refractivity contribution in [3.05, 3.63) is 0 Å². The summed E-state index contributed by atoms with van der Waals surface area (Å²) in [6.07, 6.45) is 8.50. The fraction of sp³-hybridized carbons (Fsp3) is 0.944. The molecule has 0 aromatic carbocycles. The second-order valence-corrected chi connectivity index (χ2v) is 7.99. The molecule has 0 aromatic heterocycles. The van der Waals surface area contributed by atoms with E-state index in [0.717, 1.165) is 77.2 Å². The highest BCUT2D eigenvalue weighted by Crippen LogP contribution is 2.33. The zero-order valence-corrected chi connectivity index (χ0v) is 14.1. The van der Waals surface area contributed by atoms with Crippen molar-refractivity contribution in [1.82, 2.24) is 9.80 Å². The molecule has 0 atom stereocenters. The van der Waals surface area contributed by atoms with Crippen molar-refractivity contribution in [1.29, 1.82) is 0 Å². The summed E-state index contributed by atoms with van der Waals surface area (Å²) in [6, 6.07) is 0. The second-order valence-electron chi connectivity index (χ2n) is 7.99. The third-order valence-corrected chi connectivity index (χ3v) is 6.08. The summed E-state index contributed by atoms with van der Waals surface area (Å²) in [5.41, 5.74) is -0.474. The molecule has 3 rings (SSSR count). The number of nitrogens with zero attached hydrogens (tertiary/aromatic N) is 2. The predicted octanol–water partition coefficient (Wildman–Crippen LogP) is 2.26. The van der Waals surface area contributed by atoms with Crippen molar-refractivity contribution in [2.45, 2.75) is 63.9 Å². The van der Waals surface area contributed by atoms with Gasteiger partial charge in [-0.15, -0.1) is 0 Å². The summed E-state index contributed by atoms with van der Waals surface area (Å²) >= 11 is 0. The van der Waals surface area contributed by atoms with Crippen LogP contribution in [0, 0.1) is 11.8 Å². The van der Waals surface area contributed by atoms with Crippen LogP contribution in [0.1, 0.15) is 58.3 Å². The fourth-order valence-electron chi connectivity index (χ4n) is 4.41. The van der Waals surface area contributed by atoms with Crippen LogP contribution in [0.4, 0.5) is 0 Å². The van der Waals surface area contributed by atoms with Crippen molar-refractivity contribution >= 4 is 5.91 Å². The molecule has 3 fully saturated rings. The number of hydrogen-bond acceptors (Lipinski definition) is 3. The molecule has 0 spiro atoms. The molecule has 1 N–H and O–H groups in total. The quantitative estimate of drug-likeness (QED) is 0.870. The molecule has 4 heteroatoms. The molecule has 2 saturated heterocycles. The van der Waals surface area contributed by atoms with Gasteiger partial charge in [-0.2, -0.15) is 0 Å². The third kappa shape index (κ3) is 3.83. The van der Waals surface area contributed by atoms with E-state index in [9.17, 15) is 9.90 Å². The van der Waals surface area contributed by atoms with Gasteiger partial charge in [0.2, 0.25) is 5.91 Å². The molecule has 1 saturated carbocycles. The lowest BCUT2D eigenvalue weighted by atomic mass is 9.79. The SMILES string of the molecule is CC1CCC(O)(CN2CCC(C(=O)N3CCCC3)CC2)CC1. The van der Waals surface area contributed by atoms with Crippen molar-refractivity contribution < 1.29 is 9.90 Å². The molecule has 126 valence electrons. The Kier molecular flexibility index (Phi) is 5.08. The maximum Gasteiger partial charge on any atom is 0.225 e. The van der Waals surface area contributed by atoms with Crippen LogP contribution >= 0.6 is 0 Å². The Balaban J connectivity index is 1.44. The summed E-state index contributed by atoms with van der Waals surface area (Å²) in [5, 5.41) is 10.8. The monoisotopic (exact) mass is 308 g/mol. The number of β-amino-alcohol motifs (C(OH)–C–C–N with tert-alkyl or cyclic N) is 1. The van der Waals surface area contributed by atoms with Gasteiger partial charge < -0.3 is 14.9 Å². The Bertz CT molecular complexity index is 377. The van der Waals surface area contributed by atoms with Crippen molar-refractivity contribution in [3.63, 3.8) is 0 Å². The number of amides is 1. The van der Waals surface area contributed by atoms with E-state index >= 15 is 0 Å². The fourth-order valence-corrected chi connectivity index (χ4v) is 4.41. The lowest BCUT2D eigenvalue weighted by molar-refractivity contribution is -0.136. The molecule has 0 radical (unpaired) electrons. The largest absolute Gasteiger partial charge is 0.389 e. The lowest BCUT2D eigenvalue weighted by Gasteiger charge is -2.41. The summed E-state index contributed by atoms with van der Waals surface area (Å²) in [5.74, 6) is 1.39. The number of piperidine rings is 1. The molecular weight excluding hydrogens is 276 g/mol. The highest BCUT2D eigenvalue weighted by Gasteiger charge is 2.36. The number of likely N-dealkylation sites (tertiary alicyclic amines) is 2. The number of aliphatic hydroxyl groups is 1. The first kappa shape index (κ1) is 16.3. The average Bonchev–Trinajstić information content (AvgIpc) is 3.05. The Morgan fingerprint density at radius 1 is 1.05 bits per heavy atom. The summed E-state index contributed by atoms with van der Waals surface area (Å²) in [4.78, 5) is 16.9. The maximum atomic E-state index is 12.5. The minimum atomic E-state index is -0.474. The molecule has 1 aliphatic carbocycles. The minimum absolute atomic E-state index is 0.232. The Labute approximate surface area is 134 Å². The summed E-state index contributed by atoms with van der Waals surface area (Å²) in [6.45, 7) is 6.98. The van der Waals surface area contributed by atoms with E-state index in [1.807, 2.05) is 0 Å². The number of rotatable bonds is 3. The van der Waals surface area contributed by atoms with Crippen molar-refractivity contribution in [3.8, 4) is 0 Å². The molecule has 0 bridgehead atoms. The van der Waals surface area contributed by atoms with Crippen LogP contribution in [-0.4, -0.2) is 59.1 Å². The standard InChI is InChI=1S/C18H32N2O2/c1-15-4-8-18(22,9-5-15)14-19-12-6-16(7-13-19)17(21)20-10-2-3-11-20/h15-16,22H,2-14H2,1H3. The predicted molar refractivity (Wildman–Crippen MR) is 87.6 cm³/mol. The van der Waals surface area contributed by atoms with Gasteiger partial charge in [0.15, 0.2) is 0 Å². The van der Waals surface area contributed by atoms with Crippen LogP contribution in [0.25, 0.3) is 0 Å². The molecule has 22 heavy (non-hydrogen) atoms. The minimum Gasteiger partial charge on any atom is -0.389 e. The summed E-state index contributed by atoms with van der Waals surface area (Å²) < 4.78 is 0. The topological polar surface area (TPSA) is 43.8 Å². The van der Waals surface area contributed by atoms with Crippen LogP contribution in [0.2, 0.25) is 0 Å². The van der Waals surface area contributed by atoms with Crippen LogP contribution < -0.4 is 0 Å². The van der Waals surface area contributed by atoms with E-state index in [-0.39, 0.29) is 5.92 Å². The van der Waals surface area contributed by atoms with Gasteiger partial charge in [-0.1, -0.05) is 6.92 Å².